The van der Waals surface area contributed by atoms with Crippen LogP contribution < -0.4 is 5.73 Å². The first kappa shape index (κ1) is 12.9. The molecule has 2 aromatic rings. The summed E-state index contributed by atoms with van der Waals surface area (Å²) < 4.78 is 5.33. The second kappa shape index (κ2) is 5.12. The lowest BCUT2D eigenvalue weighted by atomic mass is 10.1. The van der Waals surface area contributed by atoms with Crippen molar-refractivity contribution < 1.29 is 4.52 Å². The van der Waals surface area contributed by atoms with Gasteiger partial charge in [0.2, 0.25) is 11.7 Å². The van der Waals surface area contributed by atoms with Gasteiger partial charge in [-0.05, 0) is 37.5 Å². The van der Waals surface area contributed by atoms with Crippen molar-refractivity contribution in [1.82, 2.24) is 10.1 Å². The lowest BCUT2D eigenvalue weighted by Gasteiger charge is -2.01. The van der Waals surface area contributed by atoms with Gasteiger partial charge < -0.3 is 10.3 Å². The number of nitrogens with two attached hydrogens (primary N) is 1. The SMILES string of the molecule is NC1CCC(c2nc(-c3cc(Cl)cc(Cl)c3)no2)C1. The smallest absolute Gasteiger partial charge is 0.230 e. The van der Waals surface area contributed by atoms with E-state index >= 15 is 0 Å². The van der Waals surface area contributed by atoms with E-state index in [4.69, 9.17) is 33.5 Å². The molecule has 0 amide bonds. The van der Waals surface area contributed by atoms with Crippen molar-refractivity contribution in [3.05, 3.63) is 34.1 Å². The van der Waals surface area contributed by atoms with E-state index in [0.717, 1.165) is 24.8 Å². The highest BCUT2D eigenvalue weighted by atomic mass is 35.5. The lowest BCUT2D eigenvalue weighted by Crippen LogP contribution is -2.14. The maximum absolute atomic E-state index is 5.97. The van der Waals surface area contributed by atoms with Crippen LogP contribution in [0.3, 0.4) is 0 Å². The molecule has 3 rings (SSSR count). The molecule has 0 spiro atoms. The molecule has 19 heavy (non-hydrogen) atoms. The molecule has 1 aromatic carbocycles. The average Bonchev–Trinajstić information content (AvgIpc) is 2.95. The Bertz CT molecular complexity index is 579. The van der Waals surface area contributed by atoms with Gasteiger partial charge in [0.1, 0.15) is 0 Å². The van der Waals surface area contributed by atoms with E-state index in [2.05, 4.69) is 10.1 Å². The van der Waals surface area contributed by atoms with E-state index in [0.29, 0.717) is 21.8 Å². The van der Waals surface area contributed by atoms with Crippen LogP contribution in [0.4, 0.5) is 0 Å². The fraction of sp³-hybridized carbons (Fsp3) is 0.385. The van der Waals surface area contributed by atoms with Crippen molar-refractivity contribution in [3.63, 3.8) is 0 Å². The summed E-state index contributed by atoms with van der Waals surface area (Å²) in [5.74, 6) is 1.44. The Labute approximate surface area is 120 Å². The fourth-order valence-corrected chi connectivity index (χ4v) is 2.97. The Morgan fingerprint density at radius 3 is 2.53 bits per heavy atom. The molecule has 4 nitrogen and oxygen atoms in total. The van der Waals surface area contributed by atoms with Gasteiger partial charge in [-0.2, -0.15) is 4.98 Å². The van der Waals surface area contributed by atoms with E-state index in [1.165, 1.54) is 0 Å². The second-order valence-corrected chi connectivity index (χ2v) is 5.76. The van der Waals surface area contributed by atoms with Gasteiger partial charge in [0.05, 0.1) is 0 Å². The van der Waals surface area contributed by atoms with Gasteiger partial charge in [0, 0.05) is 27.6 Å². The summed E-state index contributed by atoms with van der Waals surface area (Å²) in [7, 11) is 0. The summed E-state index contributed by atoms with van der Waals surface area (Å²) in [4.78, 5) is 4.43. The summed E-state index contributed by atoms with van der Waals surface area (Å²) in [5, 5.41) is 5.10. The van der Waals surface area contributed by atoms with Gasteiger partial charge in [-0.25, -0.2) is 0 Å². The number of nitrogens with zero attached hydrogens (tertiary/aromatic N) is 2. The van der Waals surface area contributed by atoms with Crippen LogP contribution in [0.15, 0.2) is 22.7 Å². The van der Waals surface area contributed by atoms with Gasteiger partial charge in [-0.15, -0.1) is 0 Å². The zero-order chi connectivity index (χ0) is 13.4. The first-order chi connectivity index (χ1) is 9.11. The normalized spacial score (nSPS) is 22.9. The maximum atomic E-state index is 5.97. The molecule has 100 valence electrons. The number of aromatic nitrogens is 2. The van der Waals surface area contributed by atoms with E-state index in [1.807, 2.05) is 0 Å². The van der Waals surface area contributed by atoms with Crippen LogP contribution in [-0.4, -0.2) is 16.2 Å². The van der Waals surface area contributed by atoms with E-state index < -0.39 is 0 Å². The zero-order valence-electron chi connectivity index (χ0n) is 10.1. The van der Waals surface area contributed by atoms with Gasteiger partial charge >= 0.3 is 0 Å². The summed E-state index contributed by atoms with van der Waals surface area (Å²) in [6.07, 6.45) is 2.91. The van der Waals surface area contributed by atoms with Crippen LogP contribution in [0.5, 0.6) is 0 Å². The number of hydrogen-bond donors (Lipinski definition) is 1. The highest BCUT2D eigenvalue weighted by molar-refractivity contribution is 6.35. The van der Waals surface area contributed by atoms with Crippen LogP contribution in [0.1, 0.15) is 31.1 Å². The van der Waals surface area contributed by atoms with Crippen LogP contribution in [0, 0.1) is 0 Å². The quantitative estimate of drug-likeness (QED) is 0.919. The third-order valence-electron chi connectivity index (χ3n) is 3.38. The molecule has 1 aliphatic carbocycles. The van der Waals surface area contributed by atoms with Crippen LogP contribution in [-0.2, 0) is 0 Å². The molecule has 0 aliphatic heterocycles. The molecule has 2 N–H and O–H groups in total. The summed E-state index contributed by atoms with van der Waals surface area (Å²) in [6.45, 7) is 0. The van der Waals surface area contributed by atoms with Crippen molar-refractivity contribution in [1.29, 1.82) is 0 Å². The first-order valence-electron chi connectivity index (χ1n) is 6.17. The number of rotatable bonds is 2. The minimum atomic E-state index is 0.237. The lowest BCUT2D eigenvalue weighted by molar-refractivity contribution is 0.353. The van der Waals surface area contributed by atoms with Crippen molar-refractivity contribution in [3.8, 4) is 11.4 Å². The molecule has 6 heteroatoms. The van der Waals surface area contributed by atoms with Gasteiger partial charge in [0.15, 0.2) is 0 Å². The molecule has 1 saturated carbocycles. The standard InChI is InChI=1S/C13H13Cl2N3O/c14-9-3-8(4-10(15)6-9)12-17-13(19-18-12)7-1-2-11(16)5-7/h3-4,6-7,11H,1-2,5,16H2. The monoisotopic (exact) mass is 297 g/mol. The molecular formula is C13H13Cl2N3O. The molecule has 0 bridgehead atoms. The molecule has 1 aromatic heterocycles. The van der Waals surface area contributed by atoms with E-state index in [9.17, 15) is 0 Å². The predicted octanol–water partition coefficient (Wildman–Crippen LogP) is 3.64. The third kappa shape index (κ3) is 2.76. The molecule has 0 radical (unpaired) electrons. The summed E-state index contributed by atoms with van der Waals surface area (Å²) in [6, 6.07) is 5.44. The van der Waals surface area contributed by atoms with Gasteiger partial charge in [-0.3, -0.25) is 0 Å². The van der Waals surface area contributed by atoms with Crippen molar-refractivity contribution in [2.24, 2.45) is 5.73 Å². The Morgan fingerprint density at radius 2 is 1.89 bits per heavy atom. The van der Waals surface area contributed by atoms with Crippen molar-refractivity contribution >= 4 is 23.2 Å². The first-order valence-corrected chi connectivity index (χ1v) is 6.93. The van der Waals surface area contributed by atoms with Crippen LogP contribution in [0.25, 0.3) is 11.4 Å². The number of benzene rings is 1. The molecular weight excluding hydrogens is 285 g/mol. The maximum Gasteiger partial charge on any atom is 0.230 e. The van der Waals surface area contributed by atoms with E-state index in [-0.39, 0.29) is 12.0 Å². The summed E-state index contributed by atoms with van der Waals surface area (Å²) >= 11 is 11.9. The molecule has 2 unspecified atom stereocenters. The molecule has 1 aliphatic rings. The van der Waals surface area contributed by atoms with Crippen molar-refractivity contribution in [2.45, 2.75) is 31.2 Å². The highest BCUT2D eigenvalue weighted by Gasteiger charge is 2.28. The summed E-state index contributed by atoms with van der Waals surface area (Å²) in [5.41, 5.74) is 6.65. The average molecular weight is 298 g/mol. The highest BCUT2D eigenvalue weighted by Crippen LogP contribution is 2.34. The second-order valence-electron chi connectivity index (χ2n) is 4.88. The van der Waals surface area contributed by atoms with Gasteiger partial charge in [0.25, 0.3) is 0 Å². The largest absolute Gasteiger partial charge is 0.339 e. The van der Waals surface area contributed by atoms with Crippen LogP contribution >= 0.6 is 23.2 Å². The molecule has 0 saturated heterocycles. The Kier molecular flexibility index (Phi) is 3.48. The Hall–Kier alpha value is -1.10. The Morgan fingerprint density at radius 1 is 1.16 bits per heavy atom. The minimum absolute atomic E-state index is 0.237. The molecule has 2 atom stereocenters. The molecule has 1 fully saturated rings. The zero-order valence-corrected chi connectivity index (χ0v) is 11.7. The minimum Gasteiger partial charge on any atom is -0.339 e. The topological polar surface area (TPSA) is 64.9 Å². The Balaban J connectivity index is 1.88. The third-order valence-corrected chi connectivity index (χ3v) is 3.82. The number of halogens is 2. The van der Waals surface area contributed by atoms with Crippen LogP contribution in [0.2, 0.25) is 10.0 Å². The van der Waals surface area contributed by atoms with Gasteiger partial charge in [-0.1, -0.05) is 28.4 Å². The van der Waals surface area contributed by atoms with Crippen molar-refractivity contribution in [2.75, 3.05) is 0 Å². The molecule has 1 heterocycles. The van der Waals surface area contributed by atoms with E-state index in [1.54, 1.807) is 18.2 Å². The number of hydrogen-bond acceptors (Lipinski definition) is 4. The fourth-order valence-electron chi connectivity index (χ4n) is 2.44. The predicted molar refractivity (Wildman–Crippen MR) is 74.3 cm³/mol.